The second kappa shape index (κ2) is 8.22. The van der Waals surface area contributed by atoms with Gasteiger partial charge < -0.3 is 14.8 Å². The Labute approximate surface area is 180 Å². The summed E-state index contributed by atoms with van der Waals surface area (Å²) < 4.78 is 2.25. The number of hydrogen-bond donors (Lipinski definition) is 1. The Morgan fingerprint density at radius 2 is 2.07 bits per heavy atom. The zero-order valence-electron chi connectivity index (χ0n) is 16.9. The monoisotopic (exact) mass is 424 g/mol. The molecular weight excluding hydrogens is 400 g/mol. The second-order valence-electron chi connectivity index (χ2n) is 8.14. The van der Waals surface area contributed by atoms with Crippen molar-refractivity contribution in [1.82, 2.24) is 19.5 Å². The van der Waals surface area contributed by atoms with E-state index >= 15 is 0 Å². The standard InChI is InChI=1S/C22H25ClN6O/c23-16-7-4-8-17(12-16)26-22(30)15-6-5-10-28(13-15)20-19-21(25-14-24-20)29-11-3-1-2-9-18(29)27-19/h4,7-8,12,14-15H,1-3,5-6,9-11,13H2,(H,26,30). The van der Waals surface area contributed by atoms with Gasteiger partial charge in [-0.15, -0.1) is 0 Å². The van der Waals surface area contributed by atoms with Crippen LogP contribution in [-0.2, 0) is 17.8 Å². The first-order valence-corrected chi connectivity index (χ1v) is 11.1. The maximum Gasteiger partial charge on any atom is 0.229 e. The molecule has 30 heavy (non-hydrogen) atoms. The van der Waals surface area contributed by atoms with Crippen molar-refractivity contribution in [3.05, 3.63) is 41.4 Å². The number of nitrogens with one attached hydrogen (secondary N) is 1. The molecule has 0 saturated carbocycles. The average molecular weight is 425 g/mol. The molecule has 7 nitrogen and oxygen atoms in total. The SMILES string of the molecule is O=C(Nc1cccc(Cl)c1)C1CCCN(c2ncnc3c2nc2n3CCCCC2)C1. The van der Waals surface area contributed by atoms with E-state index < -0.39 is 0 Å². The molecular formula is C22H25ClN6O. The molecule has 1 atom stereocenters. The predicted octanol–water partition coefficient (Wildman–Crippen LogP) is 4.06. The fraction of sp³-hybridized carbons (Fsp3) is 0.455. The fourth-order valence-corrected chi connectivity index (χ4v) is 4.74. The number of halogens is 1. The minimum Gasteiger partial charge on any atom is -0.354 e. The van der Waals surface area contributed by atoms with E-state index in [-0.39, 0.29) is 11.8 Å². The third-order valence-corrected chi connectivity index (χ3v) is 6.29. The van der Waals surface area contributed by atoms with Gasteiger partial charge in [0.1, 0.15) is 12.2 Å². The molecule has 4 heterocycles. The highest BCUT2D eigenvalue weighted by atomic mass is 35.5. The van der Waals surface area contributed by atoms with Crippen molar-refractivity contribution in [3.63, 3.8) is 0 Å². The lowest BCUT2D eigenvalue weighted by molar-refractivity contribution is -0.120. The highest BCUT2D eigenvalue weighted by molar-refractivity contribution is 6.30. The Balaban J connectivity index is 1.38. The number of hydrogen-bond acceptors (Lipinski definition) is 5. The van der Waals surface area contributed by atoms with Gasteiger partial charge in [0.15, 0.2) is 17.0 Å². The first-order chi connectivity index (χ1) is 14.7. The summed E-state index contributed by atoms with van der Waals surface area (Å²) >= 11 is 6.04. The molecule has 1 amide bonds. The third kappa shape index (κ3) is 3.74. The molecule has 2 aromatic heterocycles. The van der Waals surface area contributed by atoms with Crippen LogP contribution in [0.1, 0.15) is 37.9 Å². The number of imidazole rings is 1. The Morgan fingerprint density at radius 1 is 1.13 bits per heavy atom. The van der Waals surface area contributed by atoms with Crippen LogP contribution in [0.4, 0.5) is 11.5 Å². The molecule has 1 aromatic carbocycles. The van der Waals surface area contributed by atoms with Crippen LogP contribution in [-0.4, -0.2) is 38.5 Å². The summed E-state index contributed by atoms with van der Waals surface area (Å²) in [6.07, 6.45) is 7.98. The molecule has 1 unspecified atom stereocenters. The summed E-state index contributed by atoms with van der Waals surface area (Å²) in [6.45, 7) is 2.46. The topological polar surface area (TPSA) is 75.9 Å². The van der Waals surface area contributed by atoms with Crippen molar-refractivity contribution in [2.45, 2.75) is 45.1 Å². The first-order valence-electron chi connectivity index (χ1n) is 10.7. The zero-order chi connectivity index (χ0) is 20.5. The van der Waals surface area contributed by atoms with E-state index in [1.807, 2.05) is 12.1 Å². The van der Waals surface area contributed by atoms with E-state index in [1.54, 1.807) is 18.5 Å². The smallest absolute Gasteiger partial charge is 0.229 e. The zero-order valence-corrected chi connectivity index (χ0v) is 17.6. The first kappa shape index (κ1) is 19.3. The summed E-state index contributed by atoms with van der Waals surface area (Å²) in [4.78, 5) is 29.1. The average Bonchev–Trinajstić information content (AvgIpc) is 2.95. The maximum atomic E-state index is 12.9. The lowest BCUT2D eigenvalue weighted by atomic mass is 9.97. The molecule has 1 fully saturated rings. The van der Waals surface area contributed by atoms with Gasteiger partial charge in [-0.05, 0) is 43.9 Å². The number of amides is 1. The summed E-state index contributed by atoms with van der Waals surface area (Å²) in [7, 11) is 0. The largest absolute Gasteiger partial charge is 0.354 e. The Bertz CT molecular complexity index is 1080. The molecule has 8 heteroatoms. The van der Waals surface area contributed by atoms with Crippen LogP contribution in [0.2, 0.25) is 5.02 Å². The van der Waals surface area contributed by atoms with Gasteiger partial charge >= 0.3 is 0 Å². The highest BCUT2D eigenvalue weighted by Crippen LogP contribution is 2.30. The molecule has 1 N–H and O–H groups in total. The molecule has 156 valence electrons. The number of rotatable bonds is 3. The van der Waals surface area contributed by atoms with Gasteiger partial charge in [0.25, 0.3) is 0 Å². The number of carbonyl (C=O) groups is 1. The predicted molar refractivity (Wildman–Crippen MR) is 118 cm³/mol. The van der Waals surface area contributed by atoms with Crippen LogP contribution in [0, 0.1) is 5.92 Å². The van der Waals surface area contributed by atoms with Gasteiger partial charge in [0.2, 0.25) is 5.91 Å². The van der Waals surface area contributed by atoms with E-state index in [4.69, 9.17) is 16.6 Å². The van der Waals surface area contributed by atoms with Gasteiger partial charge in [0, 0.05) is 36.8 Å². The minimum absolute atomic E-state index is 0.0212. The summed E-state index contributed by atoms with van der Waals surface area (Å²) in [5, 5.41) is 3.62. The number of nitrogens with zero attached hydrogens (tertiary/aromatic N) is 5. The van der Waals surface area contributed by atoms with E-state index in [1.165, 1.54) is 12.8 Å². The van der Waals surface area contributed by atoms with Crippen LogP contribution in [0.25, 0.3) is 11.2 Å². The van der Waals surface area contributed by atoms with E-state index in [2.05, 4.69) is 24.8 Å². The van der Waals surface area contributed by atoms with Crippen LogP contribution >= 0.6 is 11.6 Å². The molecule has 5 rings (SSSR count). The Morgan fingerprint density at radius 3 is 2.97 bits per heavy atom. The molecule has 2 aliphatic heterocycles. The summed E-state index contributed by atoms with van der Waals surface area (Å²) in [5.74, 6) is 1.87. The number of aryl methyl sites for hydroxylation is 2. The van der Waals surface area contributed by atoms with Gasteiger partial charge in [-0.2, -0.15) is 0 Å². The highest BCUT2D eigenvalue weighted by Gasteiger charge is 2.29. The van der Waals surface area contributed by atoms with Crippen LogP contribution in [0.15, 0.2) is 30.6 Å². The number of benzene rings is 1. The van der Waals surface area contributed by atoms with Crippen LogP contribution < -0.4 is 10.2 Å². The number of piperidine rings is 1. The van der Waals surface area contributed by atoms with Crippen molar-refractivity contribution >= 4 is 40.2 Å². The molecule has 0 spiro atoms. The van der Waals surface area contributed by atoms with E-state index in [0.717, 1.165) is 67.3 Å². The van der Waals surface area contributed by atoms with Gasteiger partial charge in [-0.25, -0.2) is 15.0 Å². The molecule has 0 aliphatic carbocycles. The molecule has 1 saturated heterocycles. The van der Waals surface area contributed by atoms with Gasteiger partial charge in [0.05, 0.1) is 5.92 Å². The molecule has 0 radical (unpaired) electrons. The molecule has 0 bridgehead atoms. The number of anilines is 2. The molecule has 2 aliphatic rings. The van der Waals surface area contributed by atoms with E-state index in [0.29, 0.717) is 11.6 Å². The Hall–Kier alpha value is -2.67. The number of carbonyl (C=O) groups excluding carboxylic acids is 1. The number of aromatic nitrogens is 4. The van der Waals surface area contributed by atoms with Crippen molar-refractivity contribution in [2.75, 3.05) is 23.3 Å². The van der Waals surface area contributed by atoms with Crippen LogP contribution in [0.5, 0.6) is 0 Å². The lowest BCUT2D eigenvalue weighted by Gasteiger charge is -2.32. The fourth-order valence-electron chi connectivity index (χ4n) is 4.55. The summed E-state index contributed by atoms with van der Waals surface area (Å²) in [5.41, 5.74) is 2.51. The number of fused-ring (bicyclic) bond motifs is 3. The van der Waals surface area contributed by atoms with Crippen molar-refractivity contribution in [3.8, 4) is 0 Å². The van der Waals surface area contributed by atoms with Crippen molar-refractivity contribution in [1.29, 1.82) is 0 Å². The summed E-state index contributed by atoms with van der Waals surface area (Å²) in [6, 6.07) is 7.26. The second-order valence-corrected chi connectivity index (χ2v) is 8.58. The van der Waals surface area contributed by atoms with Crippen LogP contribution in [0.3, 0.4) is 0 Å². The quantitative estimate of drug-likeness (QED) is 0.686. The van der Waals surface area contributed by atoms with Gasteiger partial charge in [-0.1, -0.05) is 24.1 Å². The molecule has 3 aromatic rings. The minimum atomic E-state index is -0.108. The normalized spacial score (nSPS) is 19.4. The van der Waals surface area contributed by atoms with Gasteiger partial charge in [-0.3, -0.25) is 4.79 Å². The van der Waals surface area contributed by atoms with Crippen molar-refractivity contribution < 1.29 is 4.79 Å². The third-order valence-electron chi connectivity index (χ3n) is 6.06. The Kier molecular flexibility index (Phi) is 5.29. The van der Waals surface area contributed by atoms with Crippen molar-refractivity contribution in [2.24, 2.45) is 5.92 Å². The maximum absolute atomic E-state index is 12.9. The lowest BCUT2D eigenvalue weighted by Crippen LogP contribution is -2.41. The van der Waals surface area contributed by atoms with E-state index in [9.17, 15) is 4.79 Å².